The summed E-state index contributed by atoms with van der Waals surface area (Å²) >= 11 is 1.66. The number of carbonyl (C=O) groups excluding carboxylic acids is 3. The van der Waals surface area contributed by atoms with Gasteiger partial charge in [-0.05, 0) is 31.7 Å². The molecule has 5 rings (SSSR count). The molecule has 0 bridgehead atoms. The molecule has 40 heavy (non-hydrogen) atoms. The molecule has 0 aliphatic carbocycles. The zero-order valence-corrected chi connectivity index (χ0v) is 24.7. The van der Waals surface area contributed by atoms with Gasteiger partial charge < -0.3 is 19.8 Å². The monoisotopic (exact) mass is 565 g/mol. The van der Waals surface area contributed by atoms with Crippen molar-refractivity contribution in [2.45, 2.75) is 74.5 Å². The Morgan fingerprint density at radius 2 is 1.57 bits per heavy atom. The molecule has 1 unspecified atom stereocenters. The van der Waals surface area contributed by atoms with Crippen LogP contribution in [0.15, 0.2) is 54.6 Å². The highest BCUT2D eigenvalue weighted by molar-refractivity contribution is 8.02. The predicted octanol–water partition coefficient (Wildman–Crippen LogP) is 4.02. The average molecular weight is 566 g/mol. The van der Waals surface area contributed by atoms with Crippen molar-refractivity contribution in [3.63, 3.8) is 0 Å². The second kappa shape index (κ2) is 12.1. The molecule has 1 aromatic carbocycles. The minimum Gasteiger partial charge on any atom is -0.396 e. The van der Waals surface area contributed by atoms with Crippen LogP contribution in [0.25, 0.3) is 0 Å². The number of aliphatic hydroxyl groups is 1. The predicted molar refractivity (Wildman–Crippen MR) is 158 cm³/mol. The van der Waals surface area contributed by atoms with E-state index in [0.717, 1.165) is 44.1 Å². The van der Waals surface area contributed by atoms with Crippen LogP contribution in [0.5, 0.6) is 0 Å². The van der Waals surface area contributed by atoms with Crippen LogP contribution in [-0.2, 0) is 20.9 Å². The fourth-order valence-electron chi connectivity index (χ4n) is 7.10. The standard InChI is InChI=1S/C32H43N3O4S/c1-3-4-18-33-19-13-17-32-26(29(38)35(27(32)30(33)39)21-10-5-6-11-22-36)25-28(37)34(20-12-16-31(25,2)40-32)23-24-14-8-7-9-15-24/h7-9,12-17,25-27,36H,3-6,10-11,18-23H2,1-2H3/t25-,26+,27?,31+,32+/m1/s1. The lowest BCUT2D eigenvalue weighted by atomic mass is 9.74. The Balaban J connectivity index is 1.50. The minimum atomic E-state index is -0.782. The Morgan fingerprint density at radius 3 is 2.33 bits per heavy atom. The third kappa shape index (κ3) is 5.13. The largest absolute Gasteiger partial charge is 0.396 e. The number of nitrogens with zero attached hydrogens (tertiary/aromatic N) is 3. The normalized spacial score (nSPS) is 31.3. The van der Waals surface area contributed by atoms with Crippen LogP contribution in [0.4, 0.5) is 0 Å². The highest BCUT2D eigenvalue weighted by atomic mass is 32.2. The molecule has 0 saturated carbocycles. The summed E-state index contributed by atoms with van der Waals surface area (Å²) in [4.78, 5) is 48.7. The molecular weight excluding hydrogens is 522 g/mol. The molecule has 4 aliphatic heterocycles. The molecular formula is C32H43N3O4S. The van der Waals surface area contributed by atoms with Crippen LogP contribution in [0.3, 0.4) is 0 Å². The molecule has 3 amide bonds. The second-order valence-electron chi connectivity index (χ2n) is 11.8. The van der Waals surface area contributed by atoms with Gasteiger partial charge in [0.25, 0.3) is 0 Å². The van der Waals surface area contributed by atoms with E-state index >= 15 is 0 Å². The lowest BCUT2D eigenvalue weighted by Crippen LogP contribution is -2.53. The third-order valence-electron chi connectivity index (χ3n) is 9.03. The number of hydrogen-bond acceptors (Lipinski definition) is 5. The van der Waals surface area contributed by atoms with E-state index in [1.54, 1.807) is 11.8 Å². The van der Waals surface area contributed by atoms with Crippen molar-refractivity contribution in [1.82, 2.24) is 14.7 Å². The molecule has 8 heteroatoms. The van der Waals surface area contributed by atoms with Crippen molar-refractivity contribution in [1.29, 1.82) is 0 Å². The number of benzene rings is 1. The van der Waals surface area contributed by atoms with E-state index in [9.17, 15) is 19.5 Å². The molecule has 1 N–H and O–H groups in total. The van der Waals surface area contributed by atoms with E-state index in [1.807, 2.05) is 45.0 Å². The van der Waals surface area contributed by atoms with Crippen LogP contribution in [-0.4, -0.2) is 85.8 Å². The number of carbonyl (C=O) groups is 3. The lowest BCUT2D eigenvalue weighted by molar-refractivity contribution is -0.145. The van der Waals surface area contributed by atoms with E-state index in [2.05, 4.69) is 38.2 Å². The summed E-state index contributed by atoms with van der Waals surface area (Å²) in [5.41, 5.74) is 1.06. The fraction of sp³-hybridized carbons (Fsp3) is 0.594. The van der Waals surface area contributed by atoms with Gasteiger partial charge in [0.1, 0.15) is 6.04 Å². The van der Waals surface area contributed by atoms with E-state index < -0.39 is 27.4 Å². The van der Waals surface area contributed by atoms with Gasteiger partial charge in [0.2, 0.25) is 17.7 Å². The third-order valence-corrected chi connectivity index (χ3v) is 10.8. The molecule has 4 heterocycles. The first-order valence-corrected chi connectivity index (χ1v) is 15.8. The summed E-state index contributed by atoms with van der Waals surface area (Å²) in [5, 5.41) is 9.18. The molecule has 2 fully saturated rings. The van der Waals surface area contributed by atoms with Crippen LogP contribution in [0.2, 0.25) is 0 Å². The zero-order valence-electron chi connectivity index (χ0n) is 23.8. The Hall–Kier alpha value is -2.58. The summed E-state index contributed by atoms with van der Waals surface area (Å²) in [6.07, 6.45) is 13.6. The van der Waals surface area contributed by atoms with Crippen LogP contribution in [0.1, 0.15) is 57.9 Å². The van der Waals surface area contributed by atoms with Gasteiger partial charge in [0.05, 0.1) is 16.6 Å². The van der Waals surface area contributed by atoms with Gasteiger partial charge in [-0.3, -0.25) is 14.4 Å². The van der Waals surface area contributed by atoms with E-state index in [1.165, 1.54) is 0 Å². The number of amides is 3. The summed E-state index contributed by atoms with van der Waals surface area (Å²) in [5.74, 6) is -1.20. The second-order valence-corrected chi connectivity index (χ2v) is 13.6. The van der Waals surface area contributed by atoms with Gasteiger partial charge in [-0.2, -0.15) is 0 Å². The minimum absolute atomic E-state index is 0.00411. The number of hydrogen-bond donors (Lipinski definition) is 1. The van der Waals surface area contributed by atoms with Gasteiger partial charge in [-0.1, -0.05) is 80.8 Å². The molecule has 4 aliphatic rings. The maximum absolute atomic E-state index is 14.4. The van der Waals surface area contributed by atoms with Crippen molar-refractivity contribution in [2.75, 3.05) is 32.8 Å². The highest BCUT2D eigenvalue weighted by Gasteiger charge is 2.73. The van der Waals surface area contributed by atoms with E-state index in [0.29, 0.717) is 32.7 Å². The first-order chi connectivity index (χ1) is 19.4. The molecule has 216 valence electrons. The summed E-state index contributed by atoms with van der Waals surface area (Å²) in [7, 11) is 0. The first-order valence-electron chi connectivity index (χ1n) is 14.9. The Morgan fingerprint density at radius 1 is 0.850 bits per heavy atom. The Labute approximate surface area is 242 Å². The summed E-state index contributed by atoms with van der Waals surface area (Å²) < 4.78 is -1.37. The smallest absolute Gasteiger partial charge is 0.247 e. The number of aliphatic hydroxyl groups excluding tert-OH is 1. The molecule has 7 nitrogen and oxygen atoms in total. The maximum Gasteiger partial charge on any atom is 0.247 e. The van der Waals surface area contributed by atoms with Crippen LogP contribution >= 0.6 is 11.8 Å². The van der Waals surface area contributed by atoms with Crippen molar-refractivity contribution < 1.29 is 19.5 Å². The van der Waals surface area contributed by atoms with Crippen molar-refractivity contribution in [3.05, 3.63) is 60.2 Å². The number of unbranched alkanes of at least 4 members (excludes halogenated alkanes) is 4. The average Bonchev–Trinajstić information content (AvgIpc) is 3.22. The van der Waals surface area contributed by atoms with Gasteiger partial charge >= 0.3 is 0 Å². The fourth-order valence-corrected chi connectivity index (χ4v) is 9.26. The SMILES string of the molecule is CCCCN1CC=C[C@]23S[C@@]4(C)C=CCN(Cc5ccccc5)C(=O)[C@H]4[C@H]2C(=O)N(CCCCCCO)C3C1=O. The molecule has 1 spiro atoms. The number of thioether (sulfide) groups is 1. The van der Waals surface area contributed by atoms with Gasteiger partial charge in [-0.25, -0.2) is 0 Å². The van der Waals surface area contributed by atoms with Crippen molar-refractivity contribution >= 4 is 29.5 Å². The van der Waals surface area contributed by atoms with E-state index in [4.69, 9.17) is 0 Å². The first kappa shape index (κ1) is 28.9. The van der Waals surface area contributed by atoms with Crippen molar-refractivity contribution in [3.8, 4) is 0 Å². The molecule has 1 aromatic rings. The molecule has 2 saturated heterocycles. The molecule has 5 atom stereocenters. The highest BCUT2D eigenvalue weighted by Crippen LogP contribution is 2.65. The maximum atomic E-state index is 14.4. The number of likely N-dealkylation sites (tertiary alicyclic amines) is 1. The Bertz CT molecular complexity index is 1160. The van der Waals surface area contributed by atoms with Gasteiger partial charge in [0, 0.05) is 44.1 Å². The van der Waals surface area contributed by atoms with Crippen LogP contribution in [0, 0.1) is 11.8 Å². The van der Waals surface area contributed by atoms with Gasteiger partial charge in [0.15, 0.2) is 0 Å². The topological polar surface area (TPSA) is 81.2 Å². The zero-order chi connectivity index (χ0) is 28.3. The summed E-state index contributed by atoms with van der Waals surface area (Å²) in [6, 6.07) is 9.37. The molecule has 0 aromatic heterocycles. The quantitative estimate of drug-likeness (QED) is 0.324. The van der Waals surface area contributed by atoms with Gasteiger partial charge in [-0.15, -0.1) is 11.8 Å². The molecule has 0 radical (unpaired) electrons. The summed E-state index contributed by atoms with van der Waals surface area (Å²) in [6.45, 7) is 7.07. The Kier molecular flexibility index (Phi) is 8.76. The lowest BCUT2D eigenvalue weighted by Gasteiger charge is -2.37. The number of rotatable bonds is 11. The van der Waals surface area contributed by atoms with Crippen molar-refractivity contribution in [2.24, 2.45) is 11.8 Å². The van der Waals surface area contributed by atoms with E-state index in [-0.39, 0.29) is 24.3 Å². The van der Waals surface area contributed by atoms with Crippen LogP contribution < -0.4 is 0 Å². The number of fused-ring (bicyclic) bond motifs is 2.